The summed E-state index contributed by atoms with van der Waals surface area (Å²) in [5.41, 5.74) is 4.90. The predicted octanol–water partition coefficient (Wildman–Crippen LogP) is 5.89. The zero-order valence-corrected chi connectivity index (χ0v) is 18.6. The lowest BCUT2D eigenvalue weighted by molar-refractivity contribution is 0.0914. The smallest absolute Gasteiger partial charge is 0.259 e. The molecule has 1 aliphatic rings. The molecule has 0 radical (unpaired) electrons. The summed E-state index contributed by atoms with van der Waals surface area (Å²) in [6, 6.07) is 17.4. The van der Waals surface area contributed by atoms with E-state index in [0.29, 0.717) is 16.8 Å². The van der Waals surface area contributed by atoms with E-state index in [2.05, 4.69) is 20.8 Å². The lowest BCUT2D eigenvalue weighted by Crippen LogP contribution is -2.33. The van der Waals surface area contributed by atoms with Crippen LogP contribution in [0, 0.1) is 13.8 Å². The Morgan fingerprint density at radius 1 is 0.968 bits per heavy atom. The number of Topliss-reactive ketones (excluding diaryl/α,β-unsaturated/α-hetero) is 1. The minimum Gasteiger partial charge on any atom is -0.507 e. The Labute approximate surface area is 183 Å². The fourth-order valence-electron chi connectivity index (χ4n) is 4.25. The molecule has 1 aliphatic heterocycles. The first-order valence-electron chi connectivity index (χ1n) is 10.5. The Morgan fingerprint density at radius 2 is 1.68 bits per heavy atom. The van der Waals surface area contributed by atoms with Crippen molar-refractivity contribution < 1.29 is 14.7 Å². The minimum absolute atomic E-state index is 0.0737. The number of fused-ring (bicyclic) bond motifs is 1. The first-order chi connectivity index (χ1) is 14.6. The van der Waals surface area contributed by atoms with E-state index >= 15 is 0 Å². The molecule has 0 saturated carbocycles. The van der Waals surface area contributed by atoms with E-state index in [1.807, 2.05) is 56.3 Å². The molecule has 3 aromatic carbocycles. The van der Waals surface area contributed by atoms with Gasteiger partial charge >= 0.3 is 0 Å². The first-order valence-corrected chi connectivity index (χ1v) is 10.5. The Hall–Kier alpha value is -3.40. The number of amides is 1. The summed E-state index contributed by atoms with van der Waals surface area (Å²) in [5.74, 6) is -0.565. The largest absolute Gasteiger partial charge is 0.507 e. The molecule has 3 aromatic rings. The summed E-state index contributed by atoms with van der Waals surface area (Å²) in [5, 5.41) is 10.6. The molecule has 4 nitrogen and oxygen atoms in total. The Morgan fingerprint density at radius 3 is 2.35 bits per heavy atom. The molecular weight excluding hydrogens is 386 g/mol. The predicted molar refractivity (Wildman–Crippen MR) is 123 cm³/mol. The maximum Gasteiger partial charge on any atom is 0.259 e. The number of carbonyl (C=O) groups excluding carboxylic acids is 2. The number of phenols is 1. The van der Waals surface area contributed by atoms with Crippen molar-refractivity contribution in [1.82, 2.24) is 0 Å². The van der Waals surface area contributed by atoms with E-state index in [-0.39, 0.29) is 28.4 Å². The molecular formula is C27H27NO3. The highest BCUT2D eigenvalue weighted by Crippen LogP contribution is 2.42. The summed E-state index contributed by atoms with van der Waals surface area (Å²) in [6.07, 6.45) is 0. The number of aromatic hydroxyl groups is 1. The maximum atomic E-state index is 13.9. The van der Waals surface area contributed by atoms with Crippen molar-refractivity contribution in [2.75, 3.05) is 4.90 Å². The third-order valence-corrected chi connectivity index (χ3v) is 5.95. The van der Waals surface area contributed by atoms with Crippen LogP contribution in [0.1, 0.15) is 69.8 Å². The van der Waals surface area contributed by atoms with Gasteiger partial charge in [-0.3, -0.25) is 14.5 Å². The van der Waals surface area contributed by atoms with Gasteiger partial charge in [-0.2, -0.15) is 0 Å². The second-order valence-corrected chi connectivity index (χ2v) is 9.30. The molecule has 1 amide bonds. The number of aryl methyl sites for hydroxylation is 2. The van der Waals surface area contributed by atoms with Crippen molar-refractivity contribution in [1.29, 1.82) is 0 Å². The van der Waals surface area contributed by atoms with E-state index in [1.54, 1.807) is 23.1 Å². The van der Waals surface area contributed by atoms with Crippen LogP contribution in [-0.2, 0) is 5.41 Å². The van der Waals surface area contributed by atoms with Gasteiger partial charge in [-0.25, -0.2) is 0 Å². The fraction of sp³-hybridized carbons (Fsp3) is 0.259. The highest BCUT2D eigenvalue weighted by molar-refractivity contribution is 6.19. The van der Waals surface area contributed by atoms with Gasteiger partial charge in [0.1, 0.15) is 11.8 Å². The standard InChI is InChI=1S/C27H27NO3/c1-16-10-12-22(17(2)14-16)28-24(19-8-6-7-9-20(19)26(28)31)25(30)21-15-18(27(3,4)5)11-13-23(21)29/h6-15,24,29H,1-5H3/t24-/m1/s1. The summed E-state index contributed by atoms with van der Waals surface area (Å²) in [6.45, 7) is 10.1. The zero-order chi connectivity index (χ0) is 22.5. The van der Waals surface area contributed by atoms with Crippen molar-refractivity contribution in [3.05, 3.63) is 94.0 Å². The second kappa shape index (κ2) is 7.38. The van der Waals surface area contributed by atoms with E-state index in [9.17, 15) is 14.7 Å². The number of nitrogens with zero attached hydrogens (tertiary/aromatic N) is 1. The van der Waals surface area contributed by atoms with Crippen LogP contribution in [0.5, 0.6) is 5.75 Å². The molecule has 1 N–H and O–H groups in total. The van der Waals surface area contributed by atoms with Crippen molar-refractivity contribution >= 4 is 17.4 Å². The maximum absolute atomic E-state index is 13.9. The van der Waals surface area contributed by atoms with E-state index in [1.165, 1.54) is 0 Å². The number of anilines is 1. The third kappa shape index (κ3) is 3.52. The Bertz CT molecular complexity index is 1200. The fourth-order valence-corrected chi connectivity index (χ4v) is 4.25. The van der Waals surface area contributed by atoms with Gasteiger partial charge in [0.05, 0.1) is 5.56 Å². The minimum atomic E-state index is -0.828. The van der Waals surface area contributed by atoms with Crippen LogP contribution in [0.25, 0.3) is 0 Å². The highest BCUT2D eigenvalue weighted by atomic mass is 16.3. The van der Waals surface area contributed by atoms with Crippen LogP contribution < -0.4 is 4.90 Å². The molecule has 4 heteroatoms. The van der Waals surface area contributed by atoms with Crippen molar-refractivity contribution in [2.45, 2.75) is 46.1 Å². The SMILES string of the molecule is Cc1ccc(N2C(=O)c3ccccc3[C@@H]2C(=O)c2cc(C(C)(C)C)ccc2O)c(C)c1. The average molecular weight is 414 g/mol. The van der Waals surface area contributed by atoms with Gasteiger partial charge < -0.3 is 5.11 Å². The number of benzene rings is 3. The normalized spacial score (nSPS) is 15.8. The molecule has 0 saturated heterocycles. The van der Waals surface area contributed by atoms with Gasteiger partial charge in [0.2, 0.25) is 0 Å². The van der Waals surface area contributed by atoms with E-state index in [0.717, 1.165) is 16.7 Å². The van der Waals surface area contributed by atoms with Crippen molar-refractivity contribution in [3.63, 3.8) is 0 Å². The number of ketones is 1. The zero-order valence-electron chi connectivity index (χ0n) is 18.6. The monoisotopic (exact) mass is 413 g/mol. The van der Waals surface area contributed by atoms with Gasteiger partial charge in [0.25, 0.3) is 5.91 Å². The average Bonchev–Trinajstić information content (AvgIpc) is 3.00. The van der Waals surface area contributed by atoms with Gasteiger partial charge in [0.15, 0.2) is 5.78 Å². The van der Waals surface area contributed by atoms with Crippen LogP contribution in [0.2, 0.25) is 0 Å². The topological polar surface area (TPSA) is 57.6 Å². The molecule has 0 spiro atoms. The number of rotatable bonds is 3. The van der Waals surface area contributed by atoms with E-state index < -0.39 is 6.04 Å². The lowest BCUT2D eigenvalue weighted by atomic mass is 9.84. The number of carbonyl (C=O) groups is 2. The molecule has 1 heterocycles. The quantitative estimate of drug-likeness (QED) is 0.545. The summed E-state index contributed by atoms with van der Waals surface area (Å²) < 4.78 is 0. The summed E-state index contributed by atoms with van der Waals surface area (Å²) >= 11 is 0. The third-order valence-electron chi connectivity index (χ3n) is 5.95. The van der Waals surface area contributed by atoms with Crippen LogP contribution in [-0.4, -0.2) is 16.8 Å². The summed E-state index contributed by atoms with van der Waals surface area (Å²) in [7, 11) is 0. The van der Waals surface area contributed by atoms with Gasteiger partial charge in [-0.1, -0.05) is 62.7 Å². The molecule has 31 heavy (non-hydrogen) atoms. The van der Waals surface area contributed by atoms with Gasteiger partial charge in [0, 0.05) is 11.3 Å². The van der Waals surface area contributed by atoms with Gasteiger partial charge in [-0.05, 0) is 60.2 Å². The number of phenolic OH excluding ortho intramolecular Hbond substituents is 1. The van der Waals surface area contributed by atoms with Crippen LogP contribution in [0.3, 0.4) is 0 Å². The first kappa shape index (κ1) is 20.9. The molecule has 0 unspecified atom stereocenters. The lowest BCUT2D eigenvalue weighted by Gasteiger charge is -2.27. The molecule has 0 fully saturated rings. The van der Waals surface area contributed by atoms with Crippen LogP contribution >= 0.6 is 0 Å². The second-order valence-electron chi connectivity index (χ2n) is 9.30. The van der Waals surface area contributed by atoms with E-state index in [4.69, 9.17) is 0 Å². The molecule has 0 aliphatic carbocycles. The van der Waals surface area contributed by atoms with Crippen LogP contribution in [0.15, 0.2) is 60.7 Å². The van der Waals surface area contributed by atoms with Crippen LogP contribution in [0.4, 0.5) is 5.69 Å². The molecule has 158 valence electrons. The molecule has 4 rings (SSSR count). The summed E-state index contributed by atoms with van der Waals surface area (Å²) in [4.78, 5) is 28.8. The molecule has 0 aromatic heterocycles. The number of hydrogen-bond donors (Lipinski definition) is 1. The molecule has 1 atom stereocenters. The number of hydrogen-bond acceptors (Lipinski definition) is 3. The van der Waals surface area contributed by atoms with Crippen molar-refractivity contribution in [2.24, 2.45) is 0 Å². The van der Waals surface area contributed by atoms with Gasteiger partial charge in [-0.15, -0.1) is 0 Å². The highest BCUT2D eigenvalue weighted by Gasteiger charge is 2.43. The van der Waals surface area contributed by atoms with Crippen molar-refractivity contribution in [3.8, 4) is 5.75 Å². The Kier molecular flexibility index (Phi) is 4.97. The Balaban J connectivity index is 1.90. The molecule has 0 bridgehead atoms.